The lowest BCUT2D eigenvalue weighted by Gasteiger charge is -2.11. The molecule has 0 radical (unpaired) electrons. The quantitative estimate of drug-likeness (QED) is 0.652. The molecule has 2 N–H and O–H groups in total. The minimum Gasteiger partial charge on any atom is -0.341 e. The zero-order chi connectivity index (χ0) is 15.1. The van der Waals surface area contributed by atoms with Crippen molar-refractivity contribution in [1.29, 1.82) is 0 Å². The Morgan fingerprint density at radius 3 is 2.25 bits per heavy atom. The SMILES string of the molecule is FC(F)(F)c1cc(C(F)(F)F)c2nc(CNCl)[nH]c2c1. The Balaban J connectivity index is 2.72. The second kappa shape index (κ2) is 4.81. The lowest BCUT2D eigenvalue weighted by atomic mass is 10.1. The third-order valence-electron chi connectivity index (χ3n) is 2.50. The van der Waals surface area contributed by atoms with E-state index >= 15 is 0 Å². The number of rotatable bonds is 2. The van der Waals surface area contributed by atoms with E-state index in [0.717, 1.165) is 0 Å². The van der Waals surface area contributed by atoms with Crippen molar-refractivity contribution in [1.82, 2.24) is 14.8 Å². The first-order valence-electron chi connectivity index (χ1n) is 5.13. The van der Waals surface area contributed by atoms with Crippen molar-refractivity contribution < 1.29 is 26.3 Å². The second-order valence-electron chi connectivity index (χ2n) is 3.91. The molecule has 1 heterocycles. The molecule has 0 saturated carbocycles. The molecule has 110 valence electrons. The first-order valence-corrected chi connectivity index (χ1v) is 5.51. The number of H-pyrrole nitrogens is 1. The predicted molar refractivity (Wildman–Crippen MR) is 58.8 cm³/mol. The number of halogens is 7. The molecular formula is C10H6ClF6N3. The third kappa shape index (κ3) is 2.83. The molecule has 0 saturated heterocycles. The molecule has 0 aliphatic carbocycles. The molecule has 0 aliphatic heterocycles. The van der Waals surface area contributed by atoms with Crippen LogP contribution in [-0.2, 0) is 18.9 Å². The standard InChI is InChI=1S/C10H6ClF6N3/c11-18-3-7-19-6-2-4(9(12,13)14)1-5(8(6)20-7)10(15,16)17/h1-2,18H,3H2,(H,19,20). The van der Waals surface area contributed by atoms with E-state index in [1.165, 1.54) is 0 Å². The van der Waals surface area contributed by atoms with Gasteiger partial charge in [0, 0.05) is 0 Å². The van der Waals surface area contributed by atoms with Crippen LogP contribution in [-0.4, -0.2) is 9.97 Å². The van der Waals surface area contributed by atoms with Crippen LogP contribution in [0.1, 0.15) is 17.0 Å². The number of alkyl halides is 6. The molecule has 20 heavy (non-hydrogen) atoms. The van der Waals surface area contributed by atoms with Crippen molar-refractivity contribution in [2.24, 2.45) is 0 Å². The molecule has 2 aromatic rings. The largest absolute Gasteiger partial charge is 0.418 e. The molecule has 0 atom stereocenters. The van der Waals surface area contributed by atoms with E-state index in [1.54, 1.807) is 0 Å². The summed E-state index contributed by atoms with van der Waals surface area (Å²) < 4.78 is 76.3. The van der Waals surface area contributed by atoms with Gasteiger partial charge in [0.1, 0.15) is 11.3 Å². The van der Waals surface area contributed by atoms with Crippen molar-refractivity contribution >= 4 is 22.8 Å². The average molecular weight is 318 g/mol. The summed E-state index contributed by atoms with van der Waals surface area (Å²) in [6.45, 7) is -0.116. The van der Waals surface area contributed by atoms with Gasteiger partial charge in [-0.3, -0.25) is 0 Å². The van der Waals surface area contributed by atoms with Crippen molar-refractivity contribution in [2.75, 3.05) is 0 Å². The Morgan fingerprint density at radius 1 is 1.10 bits per heavy atom. The topological polar surface area (TPSA) is 40.7 Å². The highest BCUT2D eigenvalue weighted by Gasteiger charge is 2.39. The summed E-state index contributed by atoms with van der Waals surface area (Å²) in [5, 5.41) is 0. The second-order valence-corrected chi connectivity index (χ2v) is 4.18. The van der Waals surface area contributed by atoms with Crippen molar-refractivity contribution in [2.45, 2.75) is 18.9 Å². The van der Waals surface area contributed by atoms with E-state index in [2.05, 4.69) is 14.8 Å². The fourth-order valence-corrected chi connectivity index (χ4v) is 1.82. The van der Waals surface area contributed by atoms with Gasteiger partial charge < -0.3 is 4.98 Å². The minimum absolute atomic E-state index is 0.000163. The van der Waals surface area contributed by atoms with E-state index in [-0.39, 0.29) is 24.0 Å². The maximum absolute atomic E-state index is 12.8. The molecule has 1 aromatic heterocycles. The van der Waals surface area contributed by atoms with Crippen LogP contribution in [0.15, 0.2) is 12.1 Å². The summed E-state index contributed by atoms with van der Waals surface area (Å²) in [5.41, 5.74) is -3.77. The Morgan fingerprint density at radius 2 is 1.75 bits per heavy atom. The van der Waals surface area contributed by atoms with Gasteiger partial charge in [0.15, 0.2) is 0 Å². The van der Waals surface area contributed by atoms with Gasteiger partial charge in [-0.05, 0) is 23.9 Å². The van der Waals surface area contributed by atoms with Crippen molar-refractivity contribution in [3.05, 3.63) is 29.1 Å². The van der Waals surface area contributed by atoms with E-state index < -0.39 is 29.0 Å². The third-order valence-corrected chi connectivity index (χ3v) is 2.64. The van der Waals surface area contributed by atoms with E-state index in [0.29, 0.717) is 6.07 Å². The van der Waals surface area contributed by atoms with E-state index in [9.17, 15) is 26.3 Å². The van der Waals surface area contributed by atoms with Gasteiger partial charge >= 0.3 is 12.4 Å². The molecule has 1 aromatic carbocycles. The molecular weight excluding hydrogens is 312 g/mol. The fraction of sp³-hybridized carbons (Fsp3) is 0.300. The number of aromatic amines is 1. The number of benzene rings is 1. The van der Waals surface area contributed by atoms with Crippen LogP contribution in [0, 0.1) is 0 Å². The Labute approximate surface area is 113 Å². The molecule has 3 nitrogen and oxygen atoms in total. The Bertz CT molecular complexity index is 630. The molecule has 0 aliphatic rings. The number of nitrogens with zero attached hydrogens (tertiary/aromatic N) is 1. The van der Waals surface area contributed by atoms with Crippen LogP contribution in [0.5, 0.6) is 0 Å². The number of nitrogens with one attached hydrogen (secondary N) is 2. The van der Waals surface area contributed by atoms with E-state index in [4.69, 9.17) is 11.8 Å². The number of aromatic nitrogens is 2. The van der Waals surface area contributed by atoms with Crippen LogP contribution >= 0.6 is 11.8 Å². The molecule has 0 fully saturated rings. The van der Waals surface area contributed by atoms with Gasteiger partial charge in [-0.2, -0.15) is 26.3 Å². The predicted octanol–water partition coefficient (Wildman–Crippen LogP) is 3.84. The molecule has 0 spiro atoms. The molecule has 0 bridgehead atoms. The highest BCUT2D eigenvalue weighted by atomic mass is 35.5. The highest BCUT2D eigenvalue weighted by molar-refractivity contribution is 6.13. The number of imidazole rings is 1. The summed E-state index contributed by atoms with van der Waals surface area (Å²) in [7, 11) is 0. The van der Waals surface area contributed by atoms with Gasteiger partial charge in [0.2, 0.25) is 0 Å². The van der Waals surface area contributed by atoms with Gasteiger partial charge in [-0.15, -0.1) is 0 Å². The van der Waals surface area contributed by atoms with Crippen molar-refractivity contribution in [3.63, 3.8) is 0 Å². The van der Waals surface area contributed by atoms with Crippen molar-refractivity contribution in [3.8, 4) is 0 Å². The number of fused-ring (bicyclic) bond motifs is 1. The lowest BCUT2D eigenvalue weighted by Crippen LogP contribution is -2.11. The summed E-state index contributed by atoms with van der Waals surface area (Å²) >= 11 is 5.18. The monoisotopic (exact) mass is 317 g/mol. The summed E-state index contributed by atoms with van der Waals surface area (Å²) in [5.74, 6) is -0.000163. The maximum Gasteiger partial charge on any atom is 0.418 e. The van der Waals surface area contributed by atoms with Gasteiger partial charge in [-0.25, -0.2) is 9.82 Å². The Hall–Kier alpha value is -1.48. The normalized spacial score (nSPS) is 13.2. The smallest absolute Gasteiger partial charge is 0.341 e. The van der Waals surface area contributed by atoms with Gasteiger partial charge in [0.05, 0.1) is 23.2 Å². The number of hydrogen-bond donors (Lipinski definition) is 2. The maximum atomic E-state index is 12.8. The van der Waals surface area contributed by atoms with Crippen LogP contribution in [0.25, 0.3) is 11.0 Å². The summed E-state index contributed by atoms with van der Waals surface area (Å²) in [4.78, 5) is 8.09. The zero-order valence-corrected chi connectivity index (χ0v) is 10.2. The van der Waals surface area contributed by atoms with Crippen LogP contribution < -0.4 is 4.84 Å². The highest BCUT2D eigenvalue weighted by Crippen LogP contribution is 2.39. The Kier molecular flexibility index (Phi) is 3.59. The molecule has 0 unspecified atom stereocenters. The van der Waals surface area contributed by atoms with Crippen LogP contribution in [0.2, 0.25) is 0 Å². The van der Waals surface area contributed by atoms with Gasteiger partial charge in [-0.1, -0.05) is 0 Å². The fourth-order valence-electron chi connectivity index (χ4n) is 1.70. The number of hydrogen-bond acceptors (Lipinski definition) is 2. The molecule has 0 amide bonds. The first-order chi connectivity index (χ1) is 9.13. The zero-order valence-electron chi connectivity index (χ0n) is 9.45. The summed E-state index contributed by atoms with van der Waals surface area (Å²) in [6.07, 6.45) is -9.83. The van der Waals surface area contributed by atoms with Crippen LogP contribution in [0.4, 0.5) is 26.3 Å². The minimum atomic E-state index is -4.94. The molecule has 10 heteroatoms. The van der Waals surface area contributed by atoms with Crippen LogP contribution in [0.3, 0.4) is 0 Å². The van der Waals surface area contributed by atoms with Gasteiger partial charge in [0.25, 0.3) is 0 Å². The lowest BCUT2D eigenvalue weighted by molar-refractivity contribution is -0.142. The average Bonchev–Trinajstić information content (AvgIpc) is 2.67. The molecule has 2 rings (SSSR count). The first kappa shape index (κ1) is 14.9. The summed E-state index contributed by atoms with van der Waals surface area (Å²) in [6, 6.07) is 0.621. The van der Waals surface area contributed by atoms with E-state index in [1.807, 2.05) is 0 Å².